The molecule has 36 heavy (non-hydrogen) atoms. The van der Waals surface area contributed by atoms with E-state index in [4.69, 9.17) is 23.5 Å². The molecular formula is C21H19B3FN9O2. The van der Waals surface area contributed by atoms with E-state index < -0.39 is 22.7 Å². The Balaban J connectivity index is 1.54. The standard InChI is InChI=1S/C21H19B3FN9O2/c1-10-26-15-9-33(2)17-11(4-3-5-13(17)34(15)32-10)27-12-8-14(28-19(36)20(25)6-7-20)30-31-16(12)18(35)29-21(22,23)24/h3-5,8H,6-7,9H2,1-2H3,(H,29,35)(H2,27,28,30,36). The largest absolute Gasteiger partial charge is 0.370 e. The first-order valence-corrected chi connectivity index (χ1v) is 11.0. The number of benzene rings is 1. The summed E-state index contributed by atoms with van der Waals surface area (Å²) < 4.78 is 15.9. The molecule has 15 heteroatoms. The van der Waals surface area contributed by atoms with E-state index in [0.29, 0.717) is 18.1 Å². The van der Waals surface area contributed by atoms with Crippen molar-refractivity contribution in [2.24, 2.45) is 0 Å². The number of para-hydroxylation sites is 1. The van der Waals surface area contributed by atoms with E-state index in [1.54, 1.807) is 10.7 Å². The maximum Gasteiger partial charge on any atom is 0.272 e. The van der Waals surface area contributed by atoms with E-state index in [1.807, 2.05) is 31.0 Å². The topological polar surface area (TPSA) is 130 Å². The zero-order valence-electron chi connectivity index (χ0n) is 19.5. The highest BCUT2D eigenvalue weighted by molar-refractivity contribution is 6.60. The van der Waals surface area contributed by atoms with Gasteiger partial charge in [-0.05, 0) is 31.9 Å². The highest BCUT2D eigenvalue weighted by Crippen LogP contribution is 2.41. The van der Waals surface area contributed by atoms with Gasteiger partial charge in [0.1, 0.15) is 5.82 Å². The number of nitrogens with one attached hydrogen (secondary N) is 3. The second-order valence-corrected chi connectivity index (χ2v) is 8.94. The average molecular weight is 481 g/mol. The van der Waals surface area contributed by atoms with Crippen molar-refractivity contribution in [1.82, 2.24) is 30.3 Å². The second-order valence-electron chi connectivity index (χ2n) is 8.94. The lowest BCUT2D eigenvalue weighted by Gasteiger charge is -2.30. The van der Waals surface area contributed by atoms with Gasteiger partial charge in [-0.1, -0.05) is 11.3 Å². The number of aromatic nitrogens is 5. The van der Waals surface area contributed by atoms with Crippen LogP contribution in [0.1, 0.15) is 35.0 Å². The molecule has 3 aromatic rings. The highest BCUT2D eigenvalue weighted by Gasteiger charge is 2.51. The van der Waals surface area contributed by atoms with Crippen molar-refractivity contribution in [3.63, 3.8) is 0 Å². The van der Waals surface area contributed by atoms with E-state index in [1.165, 1.54) is 6.07 Å². The van der Waals surface area contributed by atoms with Crippen LogP contribution in [0.4, 0.5) is 27.3 Å². The number of hydrogen-bond donors (Lipinski definition) is 3. The molecule has 0 unspecified atom stereocenters. The Morgan fingerprint density at radius 2 is 1.92 bits per heavy atom. The Labute approximate surface area is 209 Å². The number of carbonyl (C=O) groups is 2. The molecule has 6 radical (unpaired) electrons. The van der Waals surface area contributed by atoms with Crippen molar-refractivity contribution in [2.45, 2.75) is 37.2 Å². The zero-order chi connectivity index (χ0) is 25.8. The fraction of sp³-hybridized carbons (Fsp3) is 0.333. The van der Waals surface area contributed by atoms with Crippen molar-refractivity contribution in [2.75, 3.05) is 22.6 Å². The number of carbonyl (C=O) groups excluding carboxylic acids is 2. The predicted octanol–water partition coefficient (Wildman–Crippen LogP) is 0.346. The Hall–Kier alpha value is -3.90. The van der Waals surface area contributed by atoms with Crippen LogP contribution in [0.25, 0.3) is 5.69 Å². The van der Waals surface area contributed by atoms with Gasteiger partial charge in [0.15, 0.2) is 23.0 Å². The maximum atomic E-state index is 14.2. The number of alkyl halides is 1. The first-order chi connectivity index (χ1) is 16.9. The third kappa shape index (κ3) is 4.52. The summed E-state index contributed by atoms with van der Waals surface area (Å²) in [5.41, 5.74) is 0.163. The summed E-state index contributed by atoms with van der Waals surface area (Å²) >= 11 is 0. The van der Waals surface area contributed by atoms with Crippen LogP contribution in [0.2, 0.25) is 0 Å². The van der Waals surface area contributed by atoms with E-state index in [-0.39, 0.29) is 30.0 Å². The molecule has 2 aromatic heterocycles. The zero-order valence-corrected chi connectivity index (χ0v) is 19.5. The highest BCUT2D eigenvalue weighted by atomic mass is 19.1. The molecule has 2 aliphatic rings. The lowest BCUT2D eigenvalue weighted by atomic mass is 9.49. The molecule has 5 rings (SSSR count). The average Bonchev–Trinajstić information content (AvgIpc) is 3.43. The van der Waals surface area contributed by atoms with Gasteiger partial charge in [0.05, 0.1) is 52.8 Å². The first kappa shape index (κ1) is 23.8. The van der Waals surface area contributed by atoms with Crippen LogP contribution in [-0.4, -0.2) is 78.3 Å². The molecule has 0 spiro atoms. The maximum absolute atomic E-state index is 14.2. The van der Waals surface area contributed by atoms with Crippen molar-refractivity contribution in [3.05, 3.63) is 41.6 Å². The van der Waals surface area contributed by atoms with E-state index in [9.17, 15) is 14.0 Å². The number of hydrogen-bond acceptors (Lipinski definition) is 8. The number of aryl methyl sites for hydroxylation is 1. The summed E-state index contributed by atoms with van der Waals surface area (Å²) in [5, 5.41) is 18.0. The molecule has 0 atom stereocenters. The summed E-state index contributed by atoms with van der Waals surface area (Å²) in [7, 11) is 18.4. The van der Waals surface area contributed by atoms with Crippen molar-refractivity contribution >= 4 is 58.2 Å². The van der Waals surface area contributed by atoms with Gasteiger partial charge in [-0.3, -0.25) is 9.59 Å². The summed E-state index contributed by atoms with van der Waals surface area (Å²) in [6.45, 7) is 2.30. The summed E-state index contributed by atoms with van der Waals surface area (Å²) in [6.07, 6.45) is 0.269. The predicted molar refractivity (Wildman–Crippen MR) is 133 cm³/mol. The molecule has 1 aliphatic heterocycles. The van der Waals surface area contributed by atoms with Crippen molar-refractivity contribution in [3.8, 4) is 5.69 Å². The van der Waals surface area contributed by atoms with Crippen LogP contribution < -0.4 is 20.9 Å². The molecule has 1 aromatic carbocycles. The molecule has 1 aliphatic carbocycles. The minimum Gasteiger partial charge on any atom is -0.370 e. The number of halogens is 1. The summed E-state index contributed by atoms with van der Waals surface area (Å²) in [5.74, 6) is -0.268. The Morgan fingerprint density at radius 1 is 1.17 bits per heavy atom. The molecule has 1 fully saturated rings. The first-order valence-electron chi connectivity index (χ1n) is 11.0. The van der Waals surface area contributed by atoms with Gasteiger partial charge in [0, 0.05) is 13.1 Å². The molecule has 2 amide bonds. The SMILES string of the molecule is [B]C([B])([B])NC(=O)c1nnc(NC(=O)C2(F)CC2)cc1Nc1cccc2c1N(C)Cc1nc(C)nn1-2. The van der Waals surface area contributed by atoms with E-state index in [2.05, 4.69) is 36.2 Å². The smallest absolute Gasteiger partial charge is 0.272 e. The van der Waals surface area contributed by atoms with Gasteiger partial charge in [-0.2, -0.15) is 5.10 Å². The molecule has 1 saturated carbocycles. The van der Waals surface area contributed by atoms with Gasteiger partial charge in [-0.25, -0.2) is 14.1 Å². The fourth-order valence-electron chi connectivity index (χ4n) is 3.93. The quantitative estimate of drug-likeness (QED) is 0.431. The fourth-order valence-corrected chi connectivity index (χ4v) is 3.93. The molecule has 0 bridgehead atoms. The van der Waals surface area contributed by atoms with Crippen LogP contribution >= 0.6 is 0 Å². The lowest BCUT2D eigenvalue weighted by Crippen LogP contribution is -2.50. The lowest BCUT2D eigenvalue weighted by molar-refractivity contribution is -0.122. The van der Waals surface area contributed by atoms with Crippen LogP contribution in [0.3, 0.4) is 0 Å². The number of anilines is 4. The van der Waals surface area contributed by atoms with E-state index in [0.717, 1.165) is 17.2 Å². The Kier molecular flexibility index (Phi) is 5.53. The number of fused-ring (bicyclic) bond motifs is 3. The van der Waals surface area contributed by atoms with Gasteiger partial charge in [0.25, 0.3) is 11.8 Å². The summed E-state index contributed by atoms with van der Waals surface area (Å²) in [4.78, 5) is 31.5. The van der Waals surface area contributed by atoms with Gasteiger partial charge >= 0.3 is 0 Å². The summed E-state index contributed by atoms with van der Waals surface area (Å²) in [6, 6.07) is 6.86. The third-order valence-electron chi connectivity index (χ3n) is 5.73. The number of nitrogens with zero attached hydrogens (tertiary/aromatic N) is 6. The van der Waals surface area contributed by atoms with Crippen LogP contribution in [0.5, 0.6) is 0 Å². The Morgan fingerprint density at radius 3 is 2.61 bits per heavy atom. The minimum atomic E-state index is -2.01. The molecule has 176 valence electrons. The van der Waals surface area contributed by atoms with E-state index >= 15 is 0 Å². The van der Waals surface area contributed by atoms with Gasteiger partial charge in [-0.15, -0.1) is 10.2 Å². The number of rotatable bonds is 6. The van der Waals surface area contributed by atoms with Crippen molar-refractivity contribution in [1.29, 1.82) is 0 Å². The second kappa shape index (κ2) is 8.35. The van der Waals surface area contributed by atoms with Gasteiger partial charge < -0.3 is 20.9 Å². The normalized spacial score (nSPS) is 15.5. The minimum absolute atomic E-state index is 0.0465. The van der Waals surface area contributed by atoms with Crippen LogP contribution in [0.15, 0.2) is 24.3 Å². The van der Waals surface area contributed by atoms with Crippen LogP contribution in [0, 0.1) is 6.92 Å². The molecule has 3 N–H and O–H groups in total. The number of amides is 2. The molecule has 11 nitrogen and oxygen atoms in total. The monoisotopic (exact) mass is 481 g/mol. The molecule has 3 heterocycles. The van der Waals surface area contributed by atoms with Crippen molar-refractivity contribution < 1.29 is 14.0 Å². The third-order valence-corrected chi connectivity index (χ3v) is 5.73. The molecular weight excluding hydrogens is 462 g/mol. The van der Waals surface area contributed by atoms with Crippen LogP contribution in [-0.2, 0) is 11.3 Å². The molecule has 0 saturated heterocycles. The Bertz CT molecular complexity index is 1390. The van der Waals surface area contributed by atoms with Gasteiger partial charge in [0.2, 0.25) is 0 Å².